The van der Waals surface area contributed by atoms with Gasteiger partial charge in [0.05, 0.1) is 5.56 Å². The summed E-state index contributed by atoms with van der Waals surface area (Å²) in [5.41, 5.74) is 0.195. The number of phenols is 1. The number of hydrogen-bond donors (Lipinski definition) is 1. The summed E-state index contributed by atoms with van der Waals surface area (Å²) in [6, 6.07) is 4.00. The molecule has 1 rings (SSSR count). The van der Waals surface area contributed by atoms with E-state index in [0.29, 0.717) is 0 Å². The third-order valence-electron chi connectivity index (χ3n) is 1.60. The van der Waals surface area contributed by atoms with Gasteiger partial charge in [-0.25, -0.2) is 0 Å². The minimum atomic E-state index is -0.502. The SMILES string of the molecule is CC(=O)Oc1ccc(O)cc1C(C)=O. The molecule has 0 heterocycles. The quantitative estimate of drug-likeness (QED) is 0.440. The van der Waals surface area contributed by atoms with Gasteiger partial charge in [0.1, 0.15) is 11.5 Å². The van der Waals surface area contributed by atoms with Crippen LogP contribution in [0.4, 0.5) is 0 Å². The fourth-order valence-corrected chi connectivity index (χ4v) is 1.04. The normalized spacial score (nSPS) is 9.57. The Kier molecular flexibility index (Phi) is 2.86. The van der Waals surface area contributed by atoms with E-state index in [0.717, 1.165) is 0 Å². The van der Waals surface area contributed by atoms with Crippen LogP contribution in [0.25, 0.3) is 0 Å². The van der Waals surface area contributed by atoms with Crippen LogP contribution in [-0.2, 0) is 4.79 Å². The number of rotatable bonds is 2. The van der Waals surface area contributed by atoms with E-state index >= 15 is 0 Å². The van der Waals surface area contributed by atoms with Crippen LogP contribution in [-0.4, -0.2) is 16.9 Å². The molecule has 0 aliphatic rings. The number of ether oxygens (including phenoxy) is 1. The predicted octanol–water partition coefficient (Wildman–Crippen LogP) is 1.52. The average Bonchev–Trinajstić information content (AvgIpc) is 2.07. The molecule has 4 nitrogen and oxygen atoms in total. The molecular weight excluding hydrogens is 184 g/mol. The first kappa shape index (κ1) is 10.2. The molecule has 0 amide bonds. The molecular formula is C10H10O4. The molecule has 4 heteroatoms. The van der Waals surface area contributed by atoms with Crippen molar-refractivity contribution in [3.05, 3.63) is 23.8 Å². The number of carbonyl (C=O) groups is 2. The van der Waals surface area contributed by atoms with Crippen molar-refractivity contribution in [3.63, 3.8) is 0 Å². The van der Waals surface area contributed by atoms with E-state index in [1.54, 1.807) is 0 Å². The van der Waals surface area contributed by atoms with Gasteiger partial charge < -0.3 is 9.84 Å². The zero-order chi connectivity index (χ0) is 10.7. The van der Waals surface area contributed by atoms with Gasteiger partial charge in [-0.05, 0) is 25.1 Å². The molecule has 1 N–H and O–H groups in total. The molecule has 0 spiro atoms. The van der Waals surface area contributed by atoms with Crippen molar-refractivity contribution in [1.29, 1.82) is 0 Å². The van der Waals surface area contributed by atoms with E-state index in [9.17, 15) is 9.59 Å². The smallest absolute Gasteiger partial charge is 0.308 e. The first-order valence-electron chi connectivity index (χ1n) is 4.03. The Bertz CT molecular complexity index is 382. The second kappa shape index (κ2) is 3.91. The van der Waals surface area contributed by atoms with Crippen molar-refractivity contribution in [3.8, 4) is 11.5 Å². The average molecular weight is 194 g/mol. The van der Waals surface area contributed by atoms with Gasteiger partial charge in [0.15, 0.2) is 5.78 Å². The van der Waals surface area contributed by atoms with E-state index in [2.05, 4.69) is 0 Å². The third kappa shape index (κ3) is 2.32. The summed E-state index contributed by atoms with van der Waals surface area (Å²) in [5, 5.41) is 9.13. The fourth-order valence-electron chi connectivity index (χ4n) is 1.04. The number of phenolic OH excluding ortho intramolecular Hbond substituents is 1. The summed E-state index contributed by atoms with van der Waals surface area (Å²) in [6.07, 6.45) is 0. The number of carbonyl (C=O) groups excluding carboxylic acids is 2. The molecule has 1 aromatic carbocycles. The minimum Gasteiger partial charge on any atom is -0.508 e. The molecule has 0 atom stereocenters. The second-order valence-corrected chi connectivity index (χ2v) is 2.83. The lowest BCUT2D eigenvalue weighted by Crippen LogP contribution is -2.05. The lowest BCUT2D eigenvalue weighted by atomic mass is 10.1. The molecule has 0 saturated carbocycles. The Balaban J connectivity index is 3.14. The highest BCUT2D eigenvalue weighted by Gasteiger charge is 2.10. The summed E-state index contributed by atoms with van der Waals surface area (Å²) in [6.45, 7) is 2.58. The molecule has 0 fully saturated rings. The highest BCUT2D eigenvalue weighted by Crippen LogP contribution is 2.23. The molecule has 74 valence electrons. The van der Waals surface area contributed by atoms with Gasteiger partial charge in [0.2, 0.25) is 0 Å². The van der Waals surface area contributed by atoms with Gasteiger partial charge in [-0.15, -0.1) is 0 Å². The summed E-state index contributed by atoms with van der Waals surface area (Å²) >= 11 is 0. The Morgan fingerprint density at radius 3 is 2.43 bits per heavy atom. The van der Waals surface area contributed by atoms with E-state index < -0.39 is 5.97 Å². The highest BCUT2D eigenvalue weighted by molar-refractivity contribution is 5.97. The first-order valence-corrected chi connectivity index (χ1v) is 4.03. The molecule has 0 aliphatic carbocycles. The number of Topliss-reactive ketones (excluding diaryl/α,β-unsaturated/α-hetero) is 1. The third-order valence-corrected chi connectivity index (χ3v) is 1.60. The van der Waals surface area contributed by atoms with Crippen LogP contribution in [0, 0.1) is 0 Å². The van der Waals surface area contributed by atoms with Crippen LogP contribution in [0.1, 0.15) is 24.2 Å². The molecule has 0 saturated heterocycles. The molecule has 0 bridgehead atoms. The maximum Gasteiger partial charge on any atom is 0.308 e. The van der Waals surface area contributed by atoms with Gasteiger partial charge >= 0.3 is 5.97 Å². The van der Waals surface area contributed by atoms with Crippen molar-refractivity contribution >= 4 is 11.8 Å². The summed E-state index contributed by atoms with van der Waals surface area (Å²) in [4.78, 5) is 21.8. The molecule has 0 unspecified atom stereocenters. The maximum absolute atomic E-state index is 11.1. The van der Waals surface area contributed by atoms with Crippen LogP contribution in [0.15, 0.2) is 18.2 Å². The second-order valence-electron chi connectivity index (χ2n) is 2.83. The van der Waals surface area contributed by atoms with E-state index in [-0.39, 0.29) is 22.8 Å². The number of ketones is 1. The molecule has 1 aromatic rings. The van der Waals surface area contributed by atoms with E-state index in [1.165, 1.54) is 32.0 Å². The van der Waals surface area contributed by atoms with Crippen molar-refractivity contribution in [2.45, 2.75) is 13.8 Å². The maximum atomic E-state index is 11.1. The lowest BCUT2D eigenvalue weighted by molar-refractivity contribution is -0.131. The largest absolute Gasteiger partial charge is 0.508 e. The van der Waals surface area contributed by atoms with Crippen molar-refractivity contribution in [2.75, 3.05) is 0 Å². The Morgan fingerprint density at radius 1 is 1.29 bits per heavy atom. The molecule has 0 aromatic heterocycles. The van der Waals surface area contributed by atoms with Crippen LogP contribution in [0.5, 0.6) is 11.5 Å². The highest BCUT2D eigenvalue weighted by atomic mass is 16.5. The first-order chi connectivity index (χ1) is 6.50. The van der Waals surface area contributed by atoms with Crippen molar-refractivity contribution in [2.24, 2.45) is 0 Å². The summed E-state index contributed by atoms with van der Waals surface area (Å²) in [7, 11) is 0. The molecule has 0 aliphatic heterocycles. The van der Waals surface area contributed by atoms with Gasteiger partial charge in [-0.3, -0.25) is 9.59 Å². The molecule has 0 radical (unpaired) electrons. The summed E-state index contributed by atoms with van der Waals surface area (Å²) < 4.78 is 4.79. The Hall–Kier alpha value is -1.84. The van der Waals surface area contributed by atoms with Crippen LogP contribution < -0.4 is 4.74 Å². The minimum absolute atomic E-state index is 0.0360. The standard InChI is InChI=1S/C10H10O4/c1-6(11)9-5-8(13)3-4-10(9)14-7(2)12/h3-5,13H,1-2H3. The predicted molar refractivity (Wildman–Crippen MR) is 49.4 cm³/mol. The molecule has 14 heavy (non-hydrogen) atoms. The Morgan fingerprint density at radius 2 is 1.93 bits per heavy atom. The summed E-state index contributed by atoms with van der Waals surface area (Å²) in [5.74, 6) is -0.635. The van der Waals surface area contributed by atoms with Crippen LogP contribution in [0.2, 0.25) is 0 Å². The number of aromatic hydroxyl groups is 1. The van der Waals surface area contributed by atoms with E-state index in [1.807, 2.05) is 0 Å². The topological polar surface area (TPSA) is 63.6 Å². The van der Waals surface area contributed by atoms with Gasteiger partial charge in [-0.2, -0.15) is 0 Å². The number of esters is 1. The van der Waals surface area contributed by atoms with Gasteiger partial charge in [0, 0.05) is 6.92 Å². The van der Waals surface area contributed by atoms with Gasteiger partial charge in [-0.1, -0.05) is 0 Å². The lowest BCUT2D eigenvalue weighted by Gasteiger charge is -2.06. The van der Waals surface area contributed by atoms with Crippen LogP contribution >= 0.6 is 0 Å². The van der Waals surface area contributed by atoms with Gasteiger partial charge in [0.25, 0.3) is 0 Å². The van der Waals surface area contributed by atoms with Crippen molar-refractivity contribution in [1.82, 2.24) is 0 Å². The monoisotopic (exact) mass is 194 g/mol. The Labute approximate surface area is 81.1 Å². The van der Waals surface area contributed by atoms with E-state index in [4.69, 9.17) is 9.84 Å². The van der Waals surface area contributed by atoms with Crippen LogP contribution in [0.3, 0.4) is 0 Å². The fraction of sp³-hybridized carbons (Fsp3) is 0.200. The van der Waals surface area contributed by atoms with Crippen molar-refractivity contribution < 1.29 is 19.4 Å². The number of benzene rings is 1. The zero-order valence-electron chi connectivity index (χ0n) is 7.90. The zero-order valence-corrected chi connectivity index (χ0v) is 7.90. The number of hydrogen-bond acceptors (Lipinski definition) is 4.